The molecule has 0 radical (unpaired) electrons. The van der Waals surface area contributed by atoms with Crippen molar-refractivity contribution >= 4 is 17.6 Å². The second-order valence-electron chi connectivity index (χ2n) is 4.08. The highest BCUT2D eigenvalue weighted by Gasteiger charge is 2.23. The molecule has 3 rings (SSSR count). The largest absolute Gasteiger partial charge is 0.476 e. The maximum atomic E-state index is 11.0. The smallest absolute Gasteiger partial charge is 0.434 e. The van der Waals surface area contributed by atoms with E-state index in [4.69, 9.17) is 5.11 Å². The van der Waals surface area contributed by atoms with Crippen molar-refractivity contribution in [3.8, 4) is 11.5 Å². The van der Waals surface area contributed by atoms with E-state index >= 15 is 0 Å². The zero-order chi connectivity index (χ0) is 15.1. The summed E-state index contributed by atoms with van der Waals surface area (Å²) in [5.74, 6) is -1.40. The number of carbonyl (C=O) groups is 1. The van der Waals surface area contributed by atoms with Crippen molar-refractivity contribution in [1.82, 2.24) is 29.4 Å². The monoisotopic (exact) mass is 289 g/mol. The van der Waals surface area contributed by atoms with Gasteiger partial charge in [-0.05, 0) is 17.1 Å². The van der Waals surface area contributed by atoms with Crippen molar-refractivity contribution in [2.24, 2.45) is 7.05 Å². The third kappa shape index (κ3) is 1.87. The Labute approximate surface area is 115 Å². The van der Waals surface area contributed by atoms with Crippen LogP contribution in [0, 0.1) is 10.1 Å². The lowest BCUT2D eigenvalue weighted by molar-refractivity contribution is -0.396. The third-order valence-electron chi connectivity index (χ3n) is 2.84. The Bertz CT molecular complexity index is 881. The summed E-state index contributed by atoms with van der Waals surface area (Å²) in [6.07, 6.45) is 1.25. The molecule has 0 aliphatic carbocycles. The molecule has 0 aliphatic heterocycles. The van der Waals surface area contributed by atoms with Gasteiger partial charge in [0.2, 0.25) is 5.82 Å². The summed E-state index contributed by atoms with van der Waals surface area (Å²) in [6, 6.07) is 2.74. The average Bonchev–Trinajstić information content (AvgIpc) is 3.01. The summed E-state index contributed by atoms with van der Waals surface area (Å²) in [5, 5.41) is 31.3. The fourth-order valence-corrected chi connectivity index (χ4v) is 1.84. The Morgan fingerprint density at radius 3 is 2.76 bits per heavy atom. The highest BCUT2D eigenvalue weighted by molar-refractivity contribution is 5.85. The first kappa shape index (κ1) is 12.7. The molecule has 3 aromatic heterocycles. The molecule has 0 spiro atoms. The zero-order valence-corrected chi connectivity index (χ0v) is 10.5. The Morgan fingerprint density at radius 2 is 2.14 bits per heavy atom. The lowest BCUT2D eigenvalue weighted by Crippen LogP contribution is -2.06. The summed E-state index contributed by atoms with van der Waals surface area (Å²) in [4.78, 5) is 24.8. The molecule has 0 fully saturated rings. The van der Waals surface area contributed by atoms with Gasteiger partial charge in [0, 0.05) is 0 Å². The molecular weight excluding hydrogens is 282 g/mol. The number of imidazole rings is 1. The van der Waals surface area contributed by atoms with Gasteiger partial charge in [0.25, 0.3) is 0 Å². The standard InChI is InChI=1S/C10H7N7O4/c1-15-6(4-11-10(15)17(20)21)8-13-12-7-3-2-5(9(18)19)14-16(7)8/h2-4H,1H3,(H,18,19). The second-order valence-corrected chi connectivity index (χ2v) is 4.08. The van der Waals surface area contributed by atoms with Crippen LogP contribution in [0.15, 0.2) is 18.3 Å². The predicted molar refractivity (Wildman–Crippen MR) is 66.6 cm³/mol. The van der Waals surface area contributed by atoms with Crippen molar-refractivity contribution in [2.75, 3.05) is 0 Å². The van der Waals surface area contributed by atoms with Crippen LogP contribution in [0.2, 0.25) is 0 Å². The topological polar surface area (TPSA) is 141 Å². The summed E-state index contributed by atoms with van der Waals surface area (Å²) in [5.41, 5.74) is 0.420. The van der Waals surface area contributed by atoms with Gasteiger partial charge >= 0.3 is 11.9 Å². The predicted octanol–water partition coefficient (Wildman–Crippen LogP) is 0.131. The molecule has 21 heavy (non-hydrogen) atoms. The lowest BCUT2D eigenvalue weighted by Gasteiger charge is -1.99. The van der Waals surface area contributed by atoms with E-state index in [9.17, 15) is 14.9 Å². The minimum absolute atomic E-state index is 0.163. The Hall–Kier alpha value is -3.37. The molecule has 3 aromatic rings. The van der Waals surface area contributed by atoms with Crippen LogP contribution < -0.4 is 0 Å². The molecule has 0 amide bonds. The van der Waals surface area contributed by atoms with Gasteiger partial charge in [-0.2, -0.15) is 9.61 Å². The van der Waals surface area contributed by atoms with Crippen LogP contribution in [-0.4, -0.2) is 45.4 Å². The van der Waals surface area contributed by atoms with Gasteiger partial charge in [-0.1, -0.05) is 4.98 Å². The van der Waals surface area contributed by atoms with Crippen LogP contribution >= 0.6 is 0 Å². The Balaban J connectivity index is 2.23. The van der Waals surface area contributed by atoms with Crippen LogP contribution in [-0.2, 0) is 7.05 Å². The van der Waals surface area contributed by atoms with E-state index in [0.29, 0.717) is 11.3 Å². The minimum Gasteiger partial charge on any atom is -0.476 e. The van der Waals surface area contributed by atoms with E-state index in [1.807, 2.05) is 0 Å². The molecule has 0 aliphatic rings. The van der Waals surface area contributed by atoms with Crippen molar-refractivity contribution in [3.05, 3.63) is 34.1 Å². The average molecular weight is 289 g/mol. The highest BCUT2D eigenvalue weighted by Crippen LogP contribution is 2.21. The molecular formula is C10H7N7O4. The Morgan fingerprint density at radius 1 is 1.38 bits per heavy atom. The first-order valence-corrected chi connectivity index (χ1v) is 5.61. The van der Waals surface area contributed by atoms with E-state index in [0.717, 1.165) is 0 Å². The van der Waals surface area contributed by atoms with Crippen LogP contribution in [0.5, 0.6) is 0 Å². The molecule has 0 aromatic carbocycles. The van der Waals surface area contributed by atoms with Gasteiger partial charge < -0.3 is 15.2 Å². The fraction of sp³-hybridized carbons (Fsp3) is 0.100. The maximum Gasteiger partial charge on any atom is 0.434 e. The van der Waals surface area contributed by atoms with E-state index < -0.39 is 10.9 Å². The first-order valence-electron chi connectivity index (χ1n) is 5.61. The van der Waals surface area contributed by atoms with Crippen LogP contribution in [0.3, 0.4) is 0 Å². The summed E-state index contributed by atoms with van der Waals surface area (Å²) in [7, 11) is 1.45. The number of nitrogens with zero attached hydrogens (tertiary/aromatic N) is 7. The molecule has 1 N–H and O–H groups in total. The maximum absolute atomic E-state index is 11.0. The number of nitro groups is 1. The van der Waals surface area contributed by atoms with Gasteiger partial charge in [-0.25, -0.2) is 9.36 Å². The normalized spacial score (nSPS) is 10.9. The molecule has 3 heterocycles. The van der Waals surface area contributed by atoms with E-state index in [2.05, 4.69) is 20.3 Å². The zero-order valence-electron chi connectivity index (χ0n) is 10.5. The number of hydrogen-bond acceptors (Lipinski definition) is 7. The SMILES string of the molecule is Cn1c(-c2nnc3ccc(C(=O)O)nn23)cnc1[N+](=O)[O-]. The van der Waals surface area contributed by atoms with Crippen molar-refractivity contribution in [1.29, 1.82) is 0 Å². The number of aromatic nitrogens is 6. The van der Waals surface area contributed by atoms with Crippen LogP contribution in [0.4, 0.5) is 5.95 Å². The van der Waals surface area contributed by atoms with Gasteiger partial charge in [-0.3, -0.25) is 0 Å². The number of fused-ring (bicyclic) bond motifs is 1. The number of aromatic carboxylic acids is 1. The van der Waals surface area contributed by atoms with E-state index in [1.54, 1.807) is 0 Å². The quantitative estimate of drug-likeness (QED) is 0.529. The Kier molecular flexibility index (Phi) is 2.61. The first-order chi connectivity index (χ1) is 9.99. The second kappa shape index (κ2) is 4.33. The summed E-state index contributed by atoms with van der Waals surface area (Å²) >= 11 is 0. The molecule has 11 nitrogen and oxygen atoms in total. The molecule has 11 heteroatoms. The fourth-order valence-electron chi connectivity index (χ4n) is 1.84. The molecule has 0 saturated carbocycles. The van der Waals surface area contributed by atoms with Gasteiger partial charge in [0.1, 0.15) is 6.20 Å². The molecule has 0 saturated heterocycles. The highest BCUT2D eigenvalue weighted by atomic mass is 16.6. The van der Waals surface area contributed by atoms with Crippen molar-refractivity contribution < 1.29 is 14.8 Å². The van der Waals surface area contributed by atoms with Gasteiger partial charge in [0.05, 0.1) is 7.05 Å². The van der Waals surface area contributed by atoms with Gasteiger partial charge in [0.15, 0.2) is 17.0 Å². The molecule has 106 valence electrons. The van der Waals surface area contributed by atoms with E-state index in [1.165, 1.54) is 34.5 Å². The number of carboxylic acid groups (broad SMARTS) is 1. The molecule has 0 bridgehead atoms. The van der Waals surface area contributed by atoms with Crippen molar-refractivity contribution in [2.45, 2.75) is 0 Å². The minimum atomic E-state index is -1.20. The van der Waals surface area contributed by atoms with Gasteiger partial charge in [-0.15, -0.1) is 10.2 Å². The number of rotatable bonds is 3. The molecule has 0 atom stereocenters. The lowest BCUT2D eigenvalue weighted by atomic mass is 10.4. The van der Waals surface area contributed by atoms with Crippen LogP contribution in [0.25, 0.3) is 17.2 Å². The van der Waals surface area contributed by atoms with Crippen molar-refractivity contribution in [3.63, 3.8) is 0 Å². The number of carboxylic acids is 1. The third-order valence-corrected chi connectivity index (χ3v) is 2.84. The molecule has 0 unspecified atom stereocenters. The summed E-state index contributed by atoms with van der Waals surface area (Å²) in [6.45, 7) is 0. The summed E-state index contributed by atoms with van der Waals surface area (Å²) < 4.78 is 2.41. The number of hydrogen-bond donors (Lipinski definition) is 1. The van der Waals surface area contributed by atoms with Crippen LogP contribution in [0.1, 0.15) is 10.5 Å². The van der Waals surface area contributed by atoms with E-state index in [-0.39, 0.29) is 17.5 Å².